The van der Waals surface area contributed by atoms with Crippen LogP contribution in [-0.2, 0) is 16.0 Å². The molecule has 0 heterocycles. The first-order valence-electron chi connectivity index (χ1n) is 12.6. The van der Waals surface area contributed by atoms with Gasteiger partial charge in [-0.2, -0.15) is 0 Å². The van der Waals surface area contributed by atoms with Crippen LogP contribution in [-0.4, -0.2) is 43.6 Å². The summed E-state index contributed by atoms with van der Waals surface area (Å²) >= 11 is 0. The second kappa shape index (κ2) is 14.5. The van der Waals surface area contributed by atoms with E-state index in [-0.39, 0.29) is 24.2 Å². The van der Waals surface area contributed by atoms with Gasteiger partial charge in [-0.1, -0.05) is 52.0 Å². The summed E-state index contributed by atoms with van der Waals surface area (Å²) in [4.78, 5) is 29.8. The van der Waals surface area contributed by atoms with Crippen molar-refractivity contribution in [1.29, 1.82) is 0 Å². The number of guanidine groups is 1. The molecule has 0 bridgehead atoms. The fourth-order valence-electron chi connectivity index (χ4n) is 4.16. The SMILES string of the molecule is CCOc1ccc(CC(=O)NC(N)=N[C@H](CC2CCCCC2)C(=O)NCC(C)C)cc1OCC. The van der Waals surface area contributed by atoms with Crippen molar-refractivity contribution in [3.63, 3.8) is 0 Å². The number of benzene rings is 1. The molecular weight excluding hydrogens is 432 g/mol. The Morgan fingerprint density at radius 2 is 1.76 bits per heavy atom. The molecule has 1 aliphatic rings. The summed E-state index contributed by atoms with van der Waals surface area (Å²) in [5.41, 5.74) is 6.83. The summed E-state index contributed by atoms with van der Waals surface area (Å²) in [7, 11) is 0. The highest BCUT2D eigenvalue weighted by molar-refractivity contribution is 5.98. The Morgan fingerprint density at radius 1 is 1.09 bits per heavy atom. The normalized spacial score (nSPS) is 15.6. The maximum atomic E-state index is 12.8. The van der Waals surface area contributed by atoms with E-state index in [0.29, 0.717) is 49.5 Å². The largest absolute Gasteiger partial charge is 0.490 e. The van der Waals surface area contributed by atoms with Crippen LogP contribution in [0.3, 0.4) is 0 Å². The summed E-state index contributed by atoms with van der Waals surface area (Å²) in [6.45, 7) is 9.51. The first-order valence-corrected chi connectivity index (χ1v) is 12.6. The van der Waals surface area contributed by atoms with Gasteiger partial charge in [0.2, 0.25) is 11.8 Å². The number of nitrogens with one attached hydrogen (secondary N) is 2. The number of aliphatic imine (C=N–C) groups is 1. The second-order valence-corrected chi connectivity index (χ2v) is 9.28. The van der Waals surface area contributed by atoms with Crippen LogP contribution in [0.4, 0.5) is 0 Å². The van der Waals surface area contributed by atoms with E-state index in [2.05, 4.69) is 15.6 Å². The lowest BCUT2D eigenvalue weighted by Gasteiger charge is -2.24. The third-order valence-electron chi connectivity index (χ3n) is 5.80. The number of amides is 2. The average Bonchev–Trinajstić information content (AvgIpc) is 2.79. The monoisotopic (exact) mass is 474 g/mol. The number of carbonyl (C=O) groups excluding carboxylic acids is 2. The first kappa shape index (κ1) is 27.5. The number of rotatable bonds is 12. The van der Waals surface area contributed by atoms with Gasteiger partial charge in [-0.3, -0.25) is 14.9 Å². The number of nitrogens with zero attached hydrogens (tertiary/aromatic N) is 1. The van der Waals surface area contributed by atoms with Gasteiger partial charge in [0.1, 0.15) is 6.04 Å². The van der Waals surface area contributed by atoms with Gasteiger partial charge in [-0.15, -0.1) is 0 Å². The van der Waals surface area contributed by atoms with Gasteiger partial charge in [-0.25, -0.2) is 4.99 Å². The van der Waals surface area contributed by atoms with Gasteiger partial charge in [0.05, 0.1) is 19.6 Å². The molecule has 34 heavy (non-hydrogen) atoms. The quantitative estimate of drug-likeness (QED) is 0.316. The van der Waals surface area contributed by atoms with Crippen LogP contribution in [0.2, 0.25) is 0 Å². The fraction of sp³-hybridized carbons (Fsp3) is 0.654. The highest BCUT2D eigenvalue weighted by atomic mass is 16.5. The van der Waals surface area contributed by atoms with E-state index in [0.717, 1.165) is 18.4 Å². The second-order valence-electron chi connectivity index (χ2n) is 9.28. The minimum Gasteiger partial charge on any atom is -0.490 e. The smallest absolute Gasteiger partial charge is 0.244 e. The van der Waals surface area contributed by atoms with Crippen molar-refractivity contribution in [2.45, 2.75) is 78.7 Å². The van der Waals surface area contributed by atoms with Gasteiger partial charge >= 0.3 is 0 Å². The molecule has 8 heteroatoms. The lowest BCUT2D eigenvalue weighted by Crippen LogP contribution is -2.42. The van der Waals surface area contributed by atoms with Gasteiger partial charge in [0.15, 0.2) is 17.5 Å². The van der Waals surface area contributed by atoms with Crippen LogP contribution >= 0.6 is 0 Å². The zero-order chi connectivity index (χ0) is 24.9. The van der Waals surface area contributed by atoms with E-state index < -0.39 is 6.04 Å². The molecule has 190 valence electrons. The predicted octanol–water partition coefficient (Wildman–Crippen LogP) is 3.57. The molecule has 4 N–H and O–H groups in total. The summed E-state index contributed by atoms with van der Waals surface area (Å²) in [6, 6.07) is 4.82. The van der Waals surface area contributed by atoms with Crippen LogP contribution in [0.5, 0.6) is 11.5 Å². The zero-order valence-electron chi connectivity index (χ0n) is 21.2. The van der Waals surface area contributed by atoms with Gasteiger partial charge in [0.25, 0.3) is 0 Å². The Balaban J connectivity index is 2.04. The van der Waals surface area contributed by atoms with E-state index in [1.54, 1.807) is 12.1 Å². The fourth-order valence-corrected chi connectivity index (χ4v) is 4.16. The minimum atomic E-state index is -0.600. The van der Waals surface area contributed by atoms with Crippen molar-refractivity contribution in [3.8, 4) is 11.5 Å². The molecule has 0 spiro atoms. The van der Waals surface area contributed by atoms with Crippen molar-refractivity contribution >= 4 is 17.8 Å². The van der Waals surface area contributed by atoms with Crippen molar-refractivity contribution in [3.05, 3.63) is 23.8 Å². The van der Waals surface area contributed by atoms with Gasteiger partial charge < -0.3 is 20.5 Å². The van der Waals surface area contributed by atoms with Crippen molar-refractivity contribution in [2.75, 3.05) is 19.8 Å². The summed E-state index contributed by atoms with van der Waals surface area (Å²) in [5.74, 6) is 1.59. The molecule has 2 rings (SSSR count). The Hall–Kier alpha value is -2.77. The zero-order valence-corrected chi connectivity index (χ0v) is 21.2. The molecule has 1 aliphatic carbocycles. The molecule has 0 unspecified atom stereocenters. The summed E-state index contributed by atoms with van der Waals surface area (Å²) in [6.07, 6.45) is 6.59. The maximum Gasteiger partial charge on any atom is 0.244 e. The number of carbonyl (C=O) groups is 2. The molecule has 8 nitrogen and oxygen atoms in total. The first-order chi connectivity index (χ1) is 16.3. The van der Waals surface area contributed by atoms with Gasteiger partial charge in [-0.05, 0) is 49.8 Å². The molecule has 1 aromatic carbocycles. The Labute approximate surface area is 204 Å². The number of hydrogen-bond acceptors (Lipinski definition) is 5. The maximum absolute atomic E-state index is 12.8. The van der Waals surface area contributed by atoms with E-state index in [9.17, 15) is 9.59 Å². The molecule has 1 saturated carbocycles. The highest BCUT2D eigenvalue weighted by Gasteiger charge is 2.24. The Morgan fingerprint density at radius 3 is 2.41 bits per heavy atom. The Kier molecular flexibility index (Phi) is 11.7. The van der Waals surface area contributed by atoms with E-state index in [1.807, 2.05) is 33.8 Å². The lowest BCUT2D eigenvalue weighted by molar-refractivity contribution is -0.123. The van der Waals surface area contributed by atoms with E-state index in [4.69, 9.17) is 15.2 Å². The van der Waals surface area contributed by atoms with Crippen LogP contribution in [0.15, 0.2) is 23.2 Å². The summed E-state index contributed by atoms with van der Waals surface area (Å²) < 4.78 is 11.2. The van der Waals surface area contributed by atoms with E-state index in [1.165, 1.54) is 19.3 Å². The highest BCUT2D eigenvalue weighted by Crippen LogP contribution is 2.29. The molecule has 0 aliphatic heterocycles. The van der Waals surface area contributed by atoms with Crippen LogP contribution in [0, 0.1) is 11.8 Å². The molecule has 1 fully saturated rings. The molecule has 1 aromatic rings. The number of hydrogen-bond donors (Lipinski definition) is 3. The molecule has 0 aromatic heterocycles. The van der Waals surface area contributed by atoms with Gasteiger partial charge in [0, 0.05) is 6.54 Å². The third-order valence-corrected chi connectivity index (χ3v) is 5.80. The molecular formula is C26H42N4O4. The number of ether oxygens (including phenoxy) is 2. The van der Waals surface area contributed by atoms with Crippen molar-refractivity contribution < 1.29 is 19.1 Å². The molecule has 0 radical (unpaired) electrons. The lowest BCUT2D eigenvalue weighted by atomic mass is 9.84. The number of nitrogens with two attached hydrogens (primary N) is 1. The molecule has 0 saturated heterocycles. The minimum absolute atomic E-state index is 0.0264. The van der Waals surface area contributed by atoms with Crippen LogP contribution < -0.4 is 25.8 Å². The Bertz CT molecular complexity index is 819. The standard InChI is InChI=1S/C26H42N4O4/c1-5-33-22-13-12-20(15-23(22)34-6-2)16-24(31)30-26(27)29-21(25(32)28-17-18(3)4)14-19-10-8-7-9-11-19/h12-13,15,18-19,21H,5-11,14,16-17H2,1-4H3,(H,28,32)(H3,27,29,30,31)/t21-/m1/s1. The topological polar surface area (TPSA) is 115 Å². The van der Waals surface area contributed by atoms with Crippen molar-refractivity contribution in [2.24, 2.45) is 22.6 Å². The average molecular weight is 475 g/mol. The molecule has 1 atom stereocenters. The predicted molar refractivity (Wildman–Crippen MR) is 135 cm³/mol. The van der Waals surface area contributed by atoms with Crippen LogP contribution in [0.25, 0.3) is 0 Å². The van der Waals surface area contributed by atoms with Crippen LogP contribution in [0.1, 0.15) is 71.8 Å². The molecule has 2 amide bonds. The summed E-state index contributed by atoms with van der Waals surface area (Å²) in [5, 5.41) is 5.61. The van der Waals surface area contributed by atoms with Crippen molar-refractivity contribution in [1.82, 2.24) is 10.6 Å². The third kappa shape index (κ3) is 9.61. The van der Waals surface area contributed by atoms with E-state index >= 15 is 0 Å².